The molecule has 0 radical (unpaired) electrons. The first-order valence-electron chi connectivity index (χ1n) is 5.11. The van der Waals surface area contributed by atoms with E-state index in [0.717, 1.165) is 4.90 Å². The Balaban J connectivity index is 1.99. The fourth-order valence-corrected chi connectivity index (χ4v) is 2.09. The zero-order valence-corrected chi connectivity index (χ0v) is 9.09. The fourth-order valence-electron chi connectivity index (χ4n) is 2.09. The molecule has 1 aliphatic heterocycles. The van der Waals surface area contributed by atoms with E-state index in [9.17, 15) is 13.6 Å². The van der Waals surface area contributed by atoms with Crippen LogP contribution in [0.5, 0.6) is 0 Å². The lowest BCUT2D eigenvalue weighted by molar-refractivity contribution is 0.00508. The molecule has 0 aromatic carbocycles. The summed E-state index contributed by atoms with van der Waals surface area (Å²) in [6.07, 6.45) is -0.233. The summed E-state index contributed by atoms with van der Waals surface area (Å²) >= 11 is 0. The van der Waals surface area contributed by atoms with Gasteiger partial charge in [0.2, 0.25) is 0 Å². The van der Waals surface area contributed by atoms with Crippen LogP contribution in [0.2, 0.25) is 0 Å². The number of amides is 1. The molecule has 2 aliphatic rings. The van der Waals surface area contributed by atoms with Crippen molar-refractivity contribution in [2.75, 3.05) is 6.54 Å². The van der Waals surface area contributed by atoms with Crippen molar-refractivity contribution in [2.45, 2.75) is 44.8 Å². The second kappa shape index (κ2) is 2.83. The number of likely N-dealkylation sites (tertiary alicyclic amines) is 1. The second-order valence-electron chi connectivity index (χ2n) is 5.19. The number of alkyl halides is 2. The summed E-state index contributed by atoms with van der Waals surface area (Å²) < 4.78 is 31.1. The van der Waals surface area contributed by atoms with Gasteiger partial charge < -0.3 is 4.74 Å². The molecule has 2 fully saturated rings. The lowest BCUT2D eigenvalue weighted by Gasteiger charge is -2.25. The van der Waals surface area contributed by atoms with Crippen molar-refractivity contribution < 1.29 is 18.3 Å². The van der Waals surface area contributed by atoms with Crippen LogP contribution >= 0.6 is 0 Å². The van der Waals surface area contributed by atoms with E-state index < -0.39 is 29.6 Å². The summed E-state index contributed by atoms with van der Waals surface area (Å²) in [7, 11) is 0. The van der Waals surface area contributed by atoms with Crippen LogP contribution < -0.4 is 0 Å². The van der Waals surface area contributed by atoms with Crippen molar-refractivity contribution in [1.29, 1.82) is 0 Å². The second-order valence-corrected chi connectivity index (χ2v) is 5.19. The van der Waals surface area contributed by atoms with E-state index in [2.05, 4.69) is 0 Å². The number of halogens is 2. The Bertz CT molecular complexity index is 298. The van der Waals surface area contributed by atoms with Crippen LogP contribution in [0.1, 0.15) is 27.2 Å². The smallest absolute Gasteiger partial charge is 0.410 e. The van der Waals surface area contributed by atoms with Gasteiger partial charge in [0.1, 0.15) is 11.6 Å². The molecule has 15 heavy (non-hydrogen) atoms. The first kappa shape index (κ1) is 10.6. The van der Waals surface area contributed by atoms with Crippen molar-refractivity contribution in [3.8, 4) is 0 Å². The summed E-state index contributed by atoms with van der Waals surface area (Å²) in [4.78, 5) is 12.7. The van der Waals surface area contributed by atoms with Gasteiger partial charge in [-0.2, -0.15) is 0 Å². The van der Waals surface area contributed by atoms with Gasteiger partial charge in [0, 0.05) is 6.54 Å². The standard InChI is InChI=1S/C10H15F2NO2/c1-9(2,3)15-8(14)13-5-4-6-7(13)10(6,11)12/h6-7H,4-5H2,1-3H3. The van der Waals surface area contributed by atoms with E-state index in [0.29, 0.717) is 13.0 Å². The zero-order chi connectivity index (χ0) is 11.4. The third kappa shape index (κ3) is 1.68. The van der Waals surface area contributed by atoms with Crippen molar-refractivity contribution in [1.82, 2.24) is 4.90 Å². The molecule has 1 amide bonds. The molecule has 0 N–H and O–H groups in total. The zero-order valence-electron chi connectivity index (χ0n) is 9.09. The van der Waals surface area contributed by atoms with E-state index in [1.165, 1.54) is 0 Å². The molecule has 3 nitrogen and oxygen atoms in total. The average Bonchev–Trinajstić information content (AvgIpc) is 2.42. The third-order valence-corrected chi connectivity index (χ3v) is 2.81. The molecule has 2 atom stereocenters. The fraction of sp³-hybridized carbons (Fsp3) is 0.900. The normalized spacial score (nSPS) is 32.5. The largest absolute Gasteiger partial charge is 0.444 e. The van der Waals surface area contributed by atoms with Gasteiger partial charge in [-0.05, 0) is 27.2 Å². The number of hydrogen-bond donors (Lipinski definition) is 0. The minimum atomic E-state index is -2.69. The summed E-state index contributed by atoms with van der Waals surface area (Å²) in [6, 6.07) is -0.910. The maximum atomic E-state index is 13.0. The van der Waals surface area contributed by atoms with Crippen LogP contribution in [0.15, 0.2) is 0 Å². The Hall–Kier alpha value is -0.870. The maximum absolute atomic E-state index is 13.0. The monoisotopic (exact) mass is 219 g/mol. The Morgan fingerprint density at radius 1 is 1.47 bits per heavy atom. The Morgan fingerprint density at radius 2 is 2.07 bits per heavy atom. The van der Waals surface area contributed by atoms with Crippen LogP contribution in [0, 0.1) is 5.92 Å². The number of carbonyl (C=O) groups is 1. The maximum Gasteiger partial charge on any atom is 0.410 e. The highest BCUT2D eigenvalue weighted by molar-refractivity contribution is 5.70. The van der Waals surface area contributed by atoms with Gasteiger partial charge in [-0.3, -0.25) is 4.90 Å². The number of rotatable bonds is 0. The number of nitrogens with zero attached hydrogens (tertiary/aromatic N) is 1. The van der Waals surface area contributed by atoms with Crippen molar-refractivity contribution in [2.24, 2.45) is 5.92 Å². The van der Waals surface area contributed by atoms with Gasteiger partial charge >= 0.3 is 6.09 Å². The molecule has 2 unspecified atom stereocenters. The topological polar surface area (TPSA) is 29.5 Å². The Morgan fingerprint density at radius 3 is 2.47 bits per heavy atom. The predicted molar refractivity (Wildman–Crippen MR) is 49.8 cm³/mol. The molecule has 1 aliphatic carbocycles. The van der Waals surface area contributed by atoms with E-state index >= 15 is 0 Å². The van der Waals surface area contributed by atoms with Gasteiger partial charge in [0.05, 0.1) is 5.92 Å². The molecular weight excluding hydrogens is 204 g/mol. The molecule has 0 aromatic rings. The van der Waals surface area contributed by atoms with Gasteiger partial charge in [0.15, 0.2) is 0 Å². The van der Waals surface area contributed by atoms with Crippen LogP contribution in [-0.2, 0) is 4.74 Å². The summed E-state index contributed by atoms with van der Waals surface area (Å²) in [5, 5.41) is 0. The minimum Gasteiger partial charge on any atom is -0.444 e. The highest BCUT2D eigenvalue weighted by Crippen LogP contribution is 2.58. The molecule has 5 heteroatoms. The number of hydrogen-bond acceptors (Lipinski definition) is 2. The summed E-state index contributed by atoms with van der Waals surface area (Å²) in [6.45, 7) is 5.57. The van der Waals surface area contributed by atoms with E-state index in [1.54, 1.807) is 20.8 Å². The SMILES string of the molecule is CC(C)(C)OC(=O)N1CCC2C1C2(F)F. The molecule has 0 aromatic heterocycles. The van der Waals surface area contributed by atoms with Crippen molar-refractivity contribution in [3.05, 3.63) is 0 Å². The van der Waals surface area contributed by atoms with E-state index in [-0.39, 0.29) is 0 Å². The predicted octanol–water partition coefficient (Wildman–Crippen LogP) is 2.26. The lowest BCUT2D eigenvalue weighted by atomic mass is 10.2. The first-order chi connectivity index (χ1) is 6.73. The van der Waals surface area contributed by atoms with Crippen LogP contribution in [-0.4, -0.2) is 35.1 Å². The molecule has 0 spiro atoms. The Kier molecular flexibility index (Phi) is 2.01. The molecular formula is C10H15F2NO2. The van der Waals surface area contributed by atoms with Gasteiger partial charge in [-0.1, -0.05) is 0 Å². The first-order valence-corrected chi connectivity index (χ1v) is 5.11. The summed E-state index contributed by atoms with van der Waals surface area (Å²) in [5.74, 6) is -3.32. The molecule has 1 saturated carbocycles. The van der Waals surface area contributed by atoms with E-state index in [1.807, 2.05) is 0 Å². The molecule has 1 saturated heterocycles. The minimum absolute atomic E-state index is 0.386. The van der Waals surface area contributed by atoms with Gasteiger partial charge in [-0.15, -0.1) is 0 Å². The van der Waals surface area contributed by atoms with Crippen LogP contribution in [0.3, 0.4) is 0 Å². The van der Waals surface area contributed by atoms with Crippen LogP contribution in [0.4, 0.5) is 13.6 Å². The van der Waals surface area contributed by atoms with Gasteiger partial charge in [-0.25, -0.2) is 13.6 Å². The molecule has 86 valence electrons. The van der Waals surface area contributed by atoms with Crippen molar-refractivity contribution >= 4 is 6.09 Å². The highest BCUT2D eigenvalue weighted by Gasteiger charge is 2.74. The third-order valence-electron chi connectivity index (χ3n) is 2.81. The average molecular weight is 219 g/mol. The highest BCUT2D eigenvalue weighted by atomic mass is 19.3. The Labute approximate surface area is 87.4 Å². The van der Waals surface area contributed by atoms with Crippen molar-refractivity contribution in [3.63, 3.8) is 0 Å². The molecule has 1 heterocycles. The summed E-state index contributed by atoms with van der Waals surface area (Å²) in [5.41, 5.74) is -0.626. The number of fused-ring (bicyclic) bond motifs is 1. The quantitative estimate of drug-likeness (QED) is 0.625. The molecule has 2 rings (SSSR count). The number of piperidine rings is 1. The number of carbonyl (C=O) groups excluding carboxylic acids is 1. The van der Waals surface area contributed by atoms with Crippen LogP contribution in [0.25, 0.3) is 0 Å². The van der Waals surface area contributed by atoms with E-state index in [4.69, 9.17) is 4.74 Å². The number of ether oxygens (including phenoxy) is 1. The lowest BCUT2D eigenvalue weighted by Crippen LogP contribution is -2.39. The molecule has 0 bridgehead atoms. The van der Waals surface area contributed by atoms with Gasteiger partial charge in [0.25, 0.3) is 5.92 Å².